The van der Waals surface area contributed by atoms with Crippen LogP contribution in [0.2, 0.25) is 0 Å². The monoisotopic (exact) mass is 464 g/mol. The van der Waals surface area contributed by atoms with Crippen LogP contribution < -0.4 is 16.4 Å². The Labute approximate surface area is 189 Å². The van der Waals surface area contributed by atoms with Crippen molar-refractivity contribution in [2.75, 3.05) is 13.7 Å². The van der Waals surface area contributed by atoms with E-state index in [9.17, 15) is 18.4 Å². The number of nitrogens with two attached hydrogens (primary N) is 1. The van der Waals surface area contributed by atoms with Gasteiger partial charge in [0.05, 0.1) is 11.1 Å². The second-order valence-corrected chi connectivity index (χ2v) is 6.65. The molecule has 2 amide bonds. The van der Waals surface area contributed by atoms with Crippen LogP contribution in [0.25, 0.3) is 0 Å². The van der Waals surface area contributed by atoms with Gasteiger partial charge >= 0.3 is 0 Å². The van der Waals surface area contributed by atoms with Crippen molar-refractivity contribution in [3.05, 3.63) is 70.3 Å². The highest BCUT2D eigenvalue weighted by molar-refractivity contribution is 5.95. The molecule has 0 aliphatic carbocycles. The first-order valence-corrected chi connectivity index (χ1v) is 9.72. The van der Waals surface area contributed by atoms with E-state index >= 15 is 0 Å². The highest BCUT2D eigenvalue weighted by Crippen LogP contribution is 2.26. The summed E-state index contributed by atoms with van der Waals surface area (Å²) in [7, 11) is 1.14. The van der Waals surface area contributed by atoms with Crippen LogP contribution in [-0.4, -0.2) is 42.4 Å². The molecule has 0 heterocycles. The summed E-state index contributed by atoms with van der Waals surface area (Å²) in [6, 6.07) is 8.49. The van der Waals surface area contributed by atoms with E-state index in [0.29, 0.717) is 11.1 Å². The second kappa shape index (κ2) is 12.9. The largest absolute Gasteiger partial charge is 0.481 e. The van der Waals surface area contributed by atoms with Gasteiger partial charge in [0.25, 0.3) is 17.8 Å². The zero-order chi connectivity index (χ0) is 25.1. The van der Waals surface area contributed by atoms with Crippen molar-refractivity contribution in [1.29, 1.82) is 5.41 Å². The highest BCUT2D eigenvalue weighted by Gasteiger charge is 2.29. The van der Waals surface area contributed by atoms with Crippen LogP contribution in [0.5, 0.6) is 0 Å². The highest BCUT2D eigenvalue weighted by atomic mass is 19.1. The maximum absolute atomic E-state index is 14.8. The Morgan fingerprint density at radius 3 is 2.18 bits per heavy atom. The quantitative estimate of drug-likeness (QED) is 0.298. The topological polar surface area (TPSA) is 155 Å². The molecule has 0 fully saturated rings. The van der Waals surface area contributed by atoms with Crippen LogP contribution in [0.3, 0.4) is 0 Å². The number of benzene rings is 2. The fourth-order valence-electron chi connectivity index (χ4n) is 2.68. The average Bonchev–Trinajstić information content (AvgIpc) is 2.75. The molecule has 0 aliphatic heterocycles. The van der Waals surface area contributed by atoms with Crippen LogP contribution in [0.1, 0.15) is 47.0 Å². The number of methoxy groups -OCH3 is 1. The molecule has 2 aromatic rings. The minimum atomic E-state index is -1.58. The van der Waals surface area contributed by atoms with Gasteiger partial charge < -0.3 is 26.2 Å². The van der Waals surface area contributed by atoms with Gasteiger partial charge in [0.2, 0.25) is 0 Å². The number of nitrogens with one attached hydrogen (secondary N) is 3. The molecule has 33 heavy (non-hydrogen) atoms. The van der Waals surface area contributed by atoms with Crippen molar-refractivity contribution >= 4 is 23.6 Å². The zero-order valence-electron chi connectivity index (χ0n) is 18.4. The molecule has 0 saturated heterocycles. The van der Waals surface area contributed by atoms with Gasteiger partial charge in [-0.1, -0.05) is 24.3 Å². The number of carboxylic acids is 1. The molecule has 11 heteroatoms. The van der Waals surface area contributed by atoms with Gasteiger partial charge in [-0.2, -0.15) is 0 Å². The number of amidine groups is 1. The molecule has 2 aromatic carbocycles. The summed E-state index contributed by atoms with van der Waals surface area (Å²) in [6.07, 6.45) is -1.58. The molecular formula is C22H26F2N4O5. The Morgan fingerprint density at radius 1 is 1.12 bits per heavy atom. The summed E-state index contributed by atoms with van der Waals surface area (Å²) in [5, 5.41) is 19.7. The minimum Gasteiger partial charge on any atom is -0.481 e. The summed E-state index contributed by atoms with van der Waals surface area (Å²) in [4.78, 5) is 33.5. The van der Waals surface area contributed by atoms with Gasteiger partial charge in [0.1, 0.15) is 17.5 Å². The number of nitrogen functional groups attached to an aromatic ring is 1. The standard InChI is InChI=1S/C20H22F2N4O3.C2H4O2/c1-3-25-19(27)13-8-9-14(21)15(16(13)22)17(29-2)20(28)26-10-11-4-6-12(7-5-11)18(23)24;1-2(3)4/h4-9,17H,3,10H2,1-2H3,(H3,23,24)(H,25,27)(H,26,28);1H3,(H,3,4). The lowest BCUT2D eigenvalue weighted by molar-refractivity contribution is -0.134. The predicted molar refractivity (Wildman–Crippen MR) is 117 cm³/mol. The third-order valence-corrected chi connectivity index (χ3v) is 4.18. The van der Waals surface area contributed by atoms with Gasteiger partial charge in [0, 0.05) is 32.7 Å². The number of carbonyl (C=O) groups excluding carboxylic acids is 2. The number of rotatable bonds is 8. The van der Waals surface area contributed by atoms with E-state index in [4.69, 9.17) is 25.8 Å². The smallest absolute Gasteiger partial charge is 0.300 e. The van der Waals surface area contributed by atoms with Crippen LogP contribution in [0.4, 0.5) is 8.78 Å². The van der Waals surface area contributed by atoms with Gasteiger partial charge in [0.15, 0.2) is 6.10 Å². The van der Waals surface area contributed by atoms with E-state index < -0.39 is 41.1 Å². The van der Waals surface area contributed by atoms with Crippen molar-refractivity contribution in [2.24, 2.45) is 5.73 Å². The van der Waals surface area contributed by atoms with Gasteiger partial charge in [-0.3, -0.25) is 19.8 Å². The molecule has 0 radical (unpaired) electrons. The van der Waals surface area contributed by atoms with Crippen molar-refractivity contribution in [3.8, 4) is 0 Å². The maximum Gasteiger partial charge on any atom is 0.300 e. The summed E-state index contributed by atoms with van der Waals surface area (Å²) in [6.45, 7) is 3.08. The van der Waals surface area contributed by atoms with Crippen LogP contribution in [-0.2, 0) is 20.9 Å². The third kappa shape index (κ3) is 7.96. The number of amides is 2. The first kappa shape index (κ1) is 27.2. The molecular weight excluding hydrogens is 438 g/mol. The molecule has 0 aliphatic rings. The van der Waals surface area contributed by atoms with Crippen molar-refractivity contribution < 1.29 is 33.0 Å². The predicted octanol–water partition coefficient (Wildman–Crippen LogP) is 2.09. The Kier molecular flexibility index (Phi) is 10.6. The van der Waals surface area contributed by atoms with Crippen molar-refractivity contribution in [3.63, 3.8) is 0 Å². The van der Waals surface area contributed by atoms with E-state index in [0.717, 1.165) is 26.2 Å². The maximum atomic E-state index is 14.8. The number of carbonyl (C=O) groups is 3. The third-order valence-electron chi connectivity index (χ3n) is 4.18. The summed E-state index contributed by atoms with van der Waals surface area (Å²) in [5.41, 5.74) is 5.59. The lowest BCUT2D eigenvalue weighted by Crippen LogP contribution is -2.32. The average molecular weight is 464 g/mol. The fraction of sp³-hybridized carbons (Fsp3) is 0.273. The molecule has 0 saturated carbocycles. The van der Waals surface area contributed by atoms with E-state index in [1.54, 1.807) is 31.2 Å². The van der Waals surface area contributed by atoms with Crippen LogP contribution in [0.15, 0.2) is 36.4 Å². The molecule has 178 valence electrons. The molecule has 1 unspecified atom stereocenters. The normalized spacial score (nSPS) is 10.9. The molecule has 0 spiro atoms. The molecule has 6 N–H and O–H groups in total. The Hall–Kier alpha value is -3.86. The number of carboxylic acid groups (broad SMARTS) is 1. The van der Waals surface area contributed by atoms with Gasteiger partial charge in [-0.25, -0.2) is 8.78 Å². The van der Waals surface area contributed by atoms with E-state index in [2.05, 4.69) is 10.6 Å². The number of ether oxygens (including phenoxy) is 1. The molecule has 0 bridgehead atoms. The van der Waals surface area contributed by atoms with Crippen molar-refractivity contribution in [2.45, 2.75) is 26.5 Å². The zero-order valence-corrected chi connectivity index (χ0v) is 18.4. The fourth-order valence-corrected chi connectivity index (χ4v) is 2.68. The molecule has 0 aromatic heterocycles. The summed E-state index contributed by atoms with van der Waals surface area (Å²) in [5.74, 6) is -4.55. The van der Waals surface area contributed by atoms with Crippen LogP contribution in [0, 0.1) is 17.0 Å². The minimum absolute atomic E-state index is 0.0656. The van der Waals surface area contributed by atoms with Crippen LogP contribution >= 0.6 is 0 Å². The van der Waals surface area contributed by atoms with E-state index in [-0.39, 0.29) is 24.5 Å². The molecule has 1 atom stereocenters. The lowest BCUT2D eigenvalue weighted by atomic mass is 10.0. The number of hydrogen-bond acceptors (Lipinski definition) is 5. The Bertz CT molecular complexity index is 1010. The van der Waals surface area contributed by atoms with E-state index in [1.165, 1.54) is 0 Å². The SMILES string of the molecule is CC(=O)O.CCNC(=O)c1ccc(F)c(C(OC)C(=O)NCc2ccc(C(=N)N)cc2)c1F. The Morgan fingerprint density at radius 2 is 1.70 bits per heavy atom. The second-order valence-electron chi connectivity index (χ2n) is 6.65. The number of halogens is 2. The summed E-state index contributed by atoms with van der Waals surface area (Å²) >= 11 is 0. The molecule has 2 rings (SSSR count). The first-order chi connectivity index (χ1) is 15.5. The first-order valence-electron chi connectivity index (χ1n) is 9.72. The van der Waals surface area contributed by atoms with Crippen molar-refractivity contribution in [1.82, 2.24) is 10.6 Å². The van der Waals surface area contributed by atoms with Gasteiger partial charge in [-0.05, 0) is 24.6 Å². The number of hydrogen-bond donors (Lipinski definition) is 5. The molecule has 9 nitrogen and oxygen atoms in total. The Balaban J connectivity index is 0.00000125. The van der Waals surface area contributed by atoms with Gasteiger partial charge in [-0.15, -0.1) is 0 Å². The lowest BCUT2D eigenvalue weighted by Gasteiger charge is -2.18. The summed E-state index contributed by atoms with van der Waals surface area (Å²) < 4.78 is 34.1. The van der Waals surface area contributed by atoms with E-state index in [1.807, 2.05) is 0 Å². The number of aliphatic carboxylic acids is 1.